The average Bonchev–Trinajstić information content (AvgIpc) is 2.39. The third-order valence-electron chi connectivity index (χ3n) is 2.77. The van der Waals surface area contributed by atoms with E-state index in [-0.39, 0.29) is 6.54 Å². The van der Waals surface area contributed by atoms with E-state index >= 15 is 0 Å². The van der Waals surface area contributed by atoms with Gasteiger partial charge in [0.15, 0.2) is 0 Å². The molecule has 0 aliphatic rings. The molecule has 0 saturated carbocycles. The fourth-order valence-electron chi connectivity index (χ4n) is 1.88. The van der Waals surface area contributed by atoms with Gasteiger partial charge in [-0.1, -0.05) is 6.08 Å². The number of hydrogen-bond acceptors (Lipinski definition) is 6. The Morgan fingerprint density at radius 2 is 1.78 bits per heavy atom. The largest absolute Gasteiger partial charge is 0.479 e. The zero-order valence-corrected chi connectivity index (χ0v) is 13.5. The molecule has 0 unspecified atom stereocenters. The summed E-state index contributed by atoms with van der Waals surface area (Å²) in [5.74, 6) is -4.97. The standard InChI is InChI=1S/C14H23N3O6/c1-5-6-17(10(19)8-15)14(11(20)21,7-9(16)18)12(22)23-13(2,3)4/h5H,1,6-8,15H2,2-4H3,(H2,16,18)(H,20,21)/t14-/m0/s1. The number of amides is 2. The molecule has 9 heteroatoms. The molecule has 0 bridgehead atoms. The molecular weight excluding hydrogens is 306 g/mol. The Labute approximate surface area is 134 Å². The summed E-state index contributed by atoms with van der Waals surface area (Å²) in [6.07, 6.45) is 0.257. The molecule has 9 nitrogen and oxygen atoms in total. The first-order valence-electron chi connectivity index (χ1n) is 6.79. The SMILES string of the molecule is C=CCN(C(=O)CN)[C@@](CC(N)=O)(C(=O)O)C(=O)OC(C)(C)C. The quantitative estimate of drug-likeness (QED) is 0.293. The lowest BCUT2D eigenvalue weighted by molar-refractivity contribution is -0.184. The van der Waals surface area contributed by atoms with Crippen LogP contribution >= 0.6 is 0 Å². The number of carbonyl (C=O) groups is 4. The van der Waals surface area contributed by atoms with Gasteiger partial charge in [-0.05, 0) is 20.8 Å². The number of rotatable bonds is 8. The molecular formula is C14H23N3O6. The predicted molar refractivity (Wildman–Crippen MR) is 81.0 cm³/mol. The molecule has 0 aromatic carbocycles. The highest BCUT2D eigenvalue weighted by Gasteiger charge is 2.56. The van der Waals surface area contributed by atoms with Gasteiger partial charge in [-0.15, -0.1) is 6.58 Å². The molecule has 23 heavy (non-hydrogen) atoms. The van der Waals surface area contributed by atoms with Crippen molar-refractivity contribution in [3.05, 3.63) is 12.7 Å². The molecule has 0 spiro atoms. The summed E-state index contributed by atoms with van der Waals surface area (Å²) >= 11 is 0. The highest BCUT2D eigenvalue weighted by atomic mass is 16.6. The van der Waals surface area contributed by atoms with E-state index in [0.29, 0.717) is 4.90 Å². The van der Waals surface area contributed by atoms with E-state index < -0.39 is 47.9 Å². The molecule has 0 radical (unpaired) electrons. The fraction of sp³-hybridized carbons (Fsp3) is 0.571. The lowest BCUT2D eigenvalue weighted by Gasteiger charge is -2.38. The molecule has 1 atom stereocenters. The molecule has 0 fully saturated rings. The zero-order valence-electron chi connectivity index (χ0n) is 13.5. The van der Waals surface area contributed by atoms with Crippen molar-refractivity contribution in [1.82, 2.24) is 4.90 Å². The highest BCUT2D eigenvalue weighted by Crippen LogP contribution is 2.26. The van der Waals surface area contributed by atoms with Crippen LogP contribution < -0.4 is 11.5 Å². The van der Waals surface area contributed by atoms with Crippen molar-refractivity contribution in [2.24, 2.45) is 11.5 Å². The van der Waals surface area contributed by atoms with Gasteiger partial charge in [0, 0.05) is 6.54 Å². The molecule has 130 valence electrons. The molecule has 5 N–H and O–H groups in total. The van der Waals surface area contributed by atoms with E-state index in [1.54, 1.807) is 0 Å². The molecule has 0 aliphatic heterocycles. The number of nitrogens with zero attached hydrogens (tertiary/aromatic N) is 1. The Morgan fingerprint density at radius 1 is 1.26 bits per heavy atom. The van der Waals surface area contributed by atoms with Gasteiger partial charge in [0.05, 0.1) is 13.0 Å². The first-order valence-corrected chi connectivity index (χ1v) is 6.79. The Kier molecular flexibility index (Phi) is 6.91. The Balaban J connectivity index is 6.25. The van der Waals surface area contributed by atoms with Crippen molar-refractivity contribution in [3.63, 3.8) is 0 Å². The summed E-state index contributed by atoms with van der Waals surface area (Å²) in [6.45, 7) is 7.07. The summed E-state index contributed by atoms with van der Waals surface area (Å²) in [6, 6.07) is 0. The second-order valence-electron chi connectivity index (χ2n) is 5.81. The lowest BCUT2D eigenvalue weighted by atomic mass is 9.91. The van der Waals surface area contributed by atoms with Crippen LogP contribution in [0.15, 0.2) is 12.7 Å². The molecule has 0 aliphatic carbocycles. The van der Waals surface area contributed by atoms with Crippen LogP contribution in [0, 0.1) is 0 Å². The minimum atomic E-state index is -2.61. The number of primary amides is 1. The topological polar surface area (TPSA) is 153 Å². The Morgan fingerprint density at radius 3 is 2.09 bits per heavy atom. The van der Waals surface area contributed by atoms with Crippen LogP contribution in [-0.4, -0.2) is 58.0 Å². The summed E-state index contributed by atoms with van der Waals surface area (Å²) < 4.78 is 5.09. The van der Waals surface area contributed by atoms with E-state index in [0.717, 1.165) is 0 Å². The third kappa shape index (κ3) is 5.06. The van der Waals surface area contributed by atoms with Crippen LogP contribution in [0.2, 0.25) is 0 Å². The molecule has 0 heterocycles. The maximum absolute atomic E-state index is 12.5. The number of esters is 1. The van der Waals surface area contributed by atoms with Gasteiger partial charge in [-0.25, -0.2) is 9.59 Å². The highest BCUT2D eigenvalue weighted by molar-refractivity contribution is 6.10. The lowest BCUT2D eigenvalue weighted by Crippen LogP contribution is -2.65. The van der Waals surface area contributed by atoms with Crippen LogP contribution in [0.5, 0.6) is 0 Å². The number of carboxylic acid groups (broad SMARTS) is 1. The summed E-state index contributed by atoms with van der Waals surface area (Å²) in [5.41, 5.74) is 6.71. The van der Waals surface area contributed by atoms with Gasteiger partial charge < -0.3 is 26.2 Å². The Hall–Kier alpha value is -2.42. The van der Waals surface area contributed by atoms with Crippen LogP contribution in [0.3, 0.4) is 0 Å². The number of aliphatic carboxylic acids is 1. The maximum atomic E-state index is 12.5. The normalized spacial score (nSPS) is 13.6. The zero-order chi connectivity index (χ0) is 18.4. The average molecular weight is 329 g/mol. The van der Waals surface area contributed by atoms with Crippen molar-refractivity contribution >= 4 is 23.8 Å². The fourth-order valence-corrected chi connectivity index (χ4v) is 1.88. The maximum Gasteiger partial charge on any atom is 0.345 e. The van der Waals surface area contributed by atoms with Crippen LogP contribution in [0.1, 0.15) is 27.2 Å². The summed E-state index contributed by atoms with van der Waals surface area (Å²) in [4.78, 5) is 48.4. The van der Waals surface area contributed by atoms with Gasteiger partial charge in [0.1, 0.15) is 5.60 Å². The third-order valence-corrected chi connectivity index (χ3v) is 2.77. The summed E-state index contributed by atoms with van der Waals surface area (Å²) in [5, 5.41) is 9.60. The number of hydrogen-bond donors (Lipinski definition) is 3. The van der Waals surface area contributed by atoms with Gasteiger partial charge in [0.2, 0.25) is 17.4 Å². The number of ether oxygens (including phenoxy) is 1. The summed E-state index contributed by atoms with van der Waals surface area (Å²) in [7, 11) is 0. The number of nitrogens with two attached hydrogens (primary N) is 2. The van der Waals surface area contributed by atoms with Crippen LogP contribution in [0.4, 0.5) is 0 Å². The first-order chi connectivity index (χ1) is 10.4. The molecule has 2 amide bonds. The molecule has 0 saturated heterocycles. The number of carboxylic acids is 1. The molecule has 0 aromatic rings. The number of carbonyl (C=O) groups excluding carboxylic acids is 3. The van der Waals surface area contributed by atoms with Crippen molar-refractivity contribution in [1.29, 1.82) is 0 Å². The second kappa shape index (κ2) is 7.73. The van der Waals surface area contributed by atoms with E-state index in [4.69, 9.17) is 16.2 Å². The Bertz CT molecular complexity index is 511. The minimum Gasteiger partial charge on any atom is -0.479 e. The van der Waals surface area contributed by atoms with Crippen molar-refractivity contribution in [3.8, 4) is 0 Å². The van der Waals surface area contributed by atoms with Gasteiger partial charge >= 0.3 is 11.9 Å². The van der Waals surface area contributed by atoms with Crippen LogP contribution in [0.25, 0.3) is 0 Å². The van der Waals surface area contributed by atoms with E-state index in [9.17, 15) is 24.3 Å². The molecule has 0 aromatic heterocycles. The van der Waals surface area contributed by atoms with Crippen molar-refractivity contribution in [2.45, 2.75) is 38.3 Å². The smallest absolute Gasteiger partial charge is 0.345 e. The van der Waals surface area contributed by atoms with Crippen LogP contribution in [-0.2, 0) is 23.9 Å². The minimum absolute atomic E-state index is 0.325. The van der Waals surface area contributed by atoms with E-state index in [1.807, 2.05) is 0 Å². The van der Waals surface area contributed by atoms with Gasteiger partial charge in [-0.3, -0.25) is 9.59 Å². The first kappa shape index (κ1) is 20.6. The van der Waals surface area contributed by atoms with Crippen molar-refractivity contribution in [2.75, 3.05) is 13.1 Å². The second-order valence-corrected chi connectivity index (χ2v) is 5.81. The van der Waals surface area contributed by atoms with E-state index in [2.05, 4.69) is 6.58 Å². The molecule has 0 rings (SSSR count). The predicted octanol–water partition coefficient (Wildman–Crippen LogP) is -1.000. The van der Waals surface area contributed by atoms with Gasteiger partial charge in [0.25, 0.3) is 0 Å². The monoisotopic (exact) mass is 329 g/mol. The van der Waals surface area contributed by atoms with E-state index in [1.165, 1.54) is 26.8 Å². The van der Waals surface area contributed by atoms with Crippen molar-refractivity contribution < 1.29 is 29.0 Å². The van der Waals surface area contributed by atoms with Gasteiger partial charge in [-0.2, -0.15) is 0 Å².